The molecule has 0 amide bonds. The molecule has 1 aliphatic rings. The molecule has 1 saturated carbocycles. The second-order valence-corrected chi connectivity index (χ2v) is 4.90. The van der Waals surface area contributed by atoms with E-state index in [4.69, 9.17) is 0 Å². The van der Waals surface area contributed by atoms with Gasteiger partial charge in [-0.1, -0.05) is 6.92 Å². The van der Waals surface area contributed by atoms with E-state index in [1.807, 2.05) is 19.3 Å². The largest absolute Gasteiger partial charge is 0.332 e. The number of nitrogens with zero attached hydrogens (tertiary/aromatic N) is 3. The predicted molar refractivity (Wildman–Crippen MR) is 66.5 cm³/mol. The molecule has 1 fully saturated rings. The molecule has 2 unspecified atom stereocenters. The highest BCUT2D eigenvalue weighted by Gasteiger charge is 2.39. The van der Waals surface area contributed by atoms with Crippen LogP contribution >= 0.6 is 0 Å². The van der Waals surface area contributed by atoms with Crippen LogP contribution < -0.4 is 5.32 Å². The minimum absolute atomic E-state index is 0.322. The standard InChI is InChI=1S/C13H20N4/c1-3-6-16-13(10-14)5-4-12(9-13)17-8-7-15-11(17)2/h7-8,12,16H,3-6,9H2,1-2H3. The summed E-state index contributed by atoms with van der Waals surface area (Å²) in [5.41, 5.74) is -0.322. The smallest absolute Gasteiger partial charge is 0.108 e. The molecule has 1 aromatic heterocycles. The van der Waals surface area contributed by atoms with Gasteiger partial charge in [0.25, 0.3) is 0 Å². The maximum absolute atomic E-state index is 9.39. The van der Waals surface area contributed by atoms with E-state index in [0.717, 1.165) is 38.1 Å². The van der Waals surface area contributed by atoms with E-state index in [2.05, 4.69) is 27.9 Å². The van der Waals surface area contributed by atoms with Crippen molar-refractivity contribution in [2.24, 2.45) is 0 Å². The Kier molecular flexibility index (Phi) is 3.49. The van der Waals surface area contributed by atoms with Gasteiger partial charge in [-0.2, -0.15) is 5.26 Å². The number of nitriles is 1. The first-order valence-electron chi connectivity index (χ1n) is 6.36. The van der Waals surface area contributed by atoms with Crippen LogP contribution in [0.3, 0.4) is 0 Å². The molecular formula is C13H20N4. The lowest BCUT2D eigenvalue weighted by molar-refractivity contribution is 0.398. The van der Waals surface area contributed by atoms with Gasteiger partial charge in [0.1, 0.15) is 11.4 Å². The number of hydrogen-bond acceptors (Lipinski definition) is 3. The molecule has 0 saturated heterocycles. The highest BCUT2D eigenvalue weighted by molar-refractivity contribution is 5.13. The second-order valence-electron chi connectivity index (χ2n) is 4.90. The SMILES string of the molecule is CCCNC1(C#N)CCC(n2ccnc2C)C1. The zero-order valence-corrected chi connectivity index (χ0v) is 10.6. The molecule has 2 atom stereocenters. The number of aromatic nitrogens is 2. The average Bonchev–Trinajstić information content (AvgIpc) is 2.93. The molecule has 0 aromatic carbocycles. The Bertz CT molecular complexity index is 417. The van der Waals surface area contributed by atoms with Crippen molar-refractivity contribution in [3.63, 3.8) is 0 Å². The molecule has 4 heteroatoms. The minimum atomic E-state index is -0.322. The molecule has 1 aliphatic carbocycles. The highest BCUT2D eigenvalue weighted by atomic mass is 15.1. The Morgan fingerprint density at radius 2 is 2.53 bits per heavy atom. The molecule has 0 spiro atoms. The van der Waals surface area contributed by atoms with Crippen LogP contribution in [0.2, 0.25) is 0 Å². The third kappa shape index (κ3) is 2.34. The Morgan fingerprint density at radius 3 is 3.12 bits per heavy atom. The Hall–Kier alpha value is -1.34. The topological polar surface area (TPSA) is 53.6 Å². The molecule has 1 N–H and O–H groups in total. The van der Waals surface area contributed by atoms with Crippen LogP contribution in [0.1, 0.15) is 44.5 Å². The summed E-state index contributed by atoms with van der Waals surface area (Å²) in [6, 6.07) is 2.90. The van der Waals surface area contributed by atoms with E-state index >= 15 is 0 Å². The predicted octanol–water partition coefficient (Wildman–Crippen LogP) is 2.18. The quantitative estimate of drug-likeness (QED) is 0.865. The van der Waals surface area contributed by atoms with Gasteiger partial charge in [-0.25, -0.2) is 4.98 Å². The van der Waals surface area contributed by atoms with Crippen LogP contribution in [0, 0.1) is 18.3 Å². The van der Waals surface area contributed by atoms with Gasteiger partial charge in [0, 0.05) is 18.4 Å². The van der Waals surface area contributed by atoms with Crippen molar-refractivity contribution in [3.8, 4) is 6.07 Å². The van der Waals surface area contributed by atoms with Crippen molar-refractivity contribution in [2.45, 2.75) is 51.1 Å². The van der Waals surface area contributed by atoms with E-state index in [-0.39, 0.29) is 5.54 Å². The molecule has 1 aromatic rings. The summed E-state index contributed by atoms with van der Waals surface area (Å²) in [5, 5.41) is 12.8. The maximum atomic E-state index is 9.39. The van der Waals surface area contributed by atoms with Crippen molar-refractivity contribution < 1.29 is 0 Å². The summed E-state index contributed by atoms with van der Waals surface area (Å²) in [5.74, 6) is 1.04. The molecule has 0 aliphatic heterocycles. The summed E-state index contributed by atoms with van der Waals surface area (Å²) in [4.78, 5) is 4.26. The average molecular weight is 232 g/mol. The van der Waals surface area contributed by atoms with Gasteiger partial charge in [0.2, 0.25) is 0 Å². The maximum Gasteiger partial charge on any atom is 0.108 e. The zero-order chi connectivity index (χ0) is 12.3. The summed E-state index contributed by atoms with van der Waals surface area (Å²) < 4.78 is 2.20. The molecule has 17 heavy (non-hydrogen) atoms. The van der Waals surface area contributed by atoms with Gasteiger partial charge in [-0.05, 0) is 39.2 Å². The summed E-state index contributed by atoms with van der Waals surface area (Å²) in [7, 11) is 0. The first kappa shape index (κ1) is 12.1. The van der Waals surface area contributed by atoms with Crippen molar-refractivity contribution in [2.75, 3.05) is 6.54 Å². The van der Waals surface area contributed by atoms with Crippen LogP contribution in [-0.4, -0.2) is 21.6 Å². The number of imidazole rings is 1. The summed E-state index contributed by atoms with van der Waals surface area (Å²) in [6.07, 6.45) is 7.81. The van der Waals surface area contributed by atoms with Crippen molar-refractivity contribution in [3.05, 3.63) is 18.2 Å². The Labute approximate surface area is 103 Å². The van der Waals surface area contributed by atoms with Crippen LogP contribution in [0.25, 0.3) is 0 Å². The number of nitrogens with one attached hydrogen (secondary N) is 1. The van der Waals surface area contributed by atoms with Crippen LogP contribution in [0.4, 0.5) is 0 Å². The van der Waals surface area contributed by atoms with E-state index < -0.39 is 0 Å². The lowest BCUT2D eigenvalue weighted by Crippen LogP contribution is -2.42. The molecule has 0 radical (unpaired) electrons. The minimum Gasteiger partial charge on any atom is -0.332 e. The van der Waals surface area contributed by atoms with E-state index in [9.17, 15) is 5.26 Å². The fraction of sp³-hybridized carbons (Fsp3) is 0.692. The van der Waals surface area contributed by atoms with Crippen molar-refractivity contribution >= 4 is 0 Å². The first-order chi connectivity index (χ1) is 8.21. The fourth-order valence-corrected chi connectivity index (χ4v) is 2.70. The van der Waals surface area contributed by atoms with Gasteiger partial charge < -0.3 is 4.57 Å². The third-order valence-corrected chi connectivity index (χ3v) is 3.67. The lowest BCUT2D eigenvalue weighted by Gasteiger charge is -2.23. The fourth-order valence-electron chi connectivity index (χ4n) is 2.70. The summed E-state index contributed by atoms with van der Waals surface area (Å²) in [6.45, 7) is 5.07. The first-order valence-corrected chi connectivity index (χ1v) is 6.36. The third-order valence-electron chi connectivity index (χ3n) is 3.67. The zero-order valence-electron chi connectivity index (χ0n) is 10.6. The van der Waals surface area contributed by atoms with E-state index in [0.29, 0.717) is 6.04 Å². The summed E-state index contributed by atoms with van der Waals surface area (Å²) >= 11 is 0. The van der Waals surface area contributed by atoms with Crippen LogP contribution in [0.5, 0.6) is 0 Å². The van der Waals surface area contributed by atoms with Gasteiger partial charge in [0.05, 0.1) is 6.07 Å². The van der Waals surface area contributed by atoms with Gasteiger partial charge in [-0.15, -0.1) is 0 Å². The molecule has 0 bridgehead atoms. The van der Waals surface area contributed by atoms with Crippen LogP contribution in [0.15, 0.2) is 12.4 Å². The molecule has 4 nitrogen and oxygen atoms in total. The van der Waals surface area contributed by atoms with Crippen molar-refractivity contribution in [1.82, 2.24) is 14.9 Å². The van der Waals surface area contributed by atoms with Gasteiger partial charge >= 0.3 is 0 Å². The highest BCUT2D eigenvalue weighted by Crippen LogP contribution is 2.37. The number of rotatable bonds is 4. The monoisotopic (exact) mass is 232 g/mol. The van der Waals surface area contributed by atoms with E-state index in [1.54, 1.807) is 0 Å². The van der Waals surface area contributed by atoms with Gasteiger partial charge in [0.15, 0.2) is 0 Å². The number of aryl methyl sites for hydroxylation is 1. The van der Waals surface area contributed by atoms with Gasteiger partial charge in [-0.3, -0.25) is 5.32 Å². The Morgan fingerprint density at radius 1 is 1.71 bits per heavy atom. The molecular weight excluding hydrogens is 212 g/mol. The normalized spacial score (nSPS) is 28.2. The van der Waals surface area contributed by atoms with Crippen molar-refractivity contribution in [1.29, 1.82) is 5.26 Å². The number of hydrogen-bond donors (Lipinski definition) is 1. The molecule has 1 heterocycles. The van der Waals surface area contributed by atoms with Crippen LogP contribution in [-0.2, 0) is 0 Å². The lowest BCUT2D eigenvalue weighted by atomic mass is 9.99. The second kappa shape index (κ2) is 4.89. The molecule has 92 valence electrons. The molecule has 2 rings (SSSR count). The Balaban J connectivity index is 2.08. The van der Waals surface area contributed by atoms with E-state index in [1.165, 1.54) is 0 Å².